The largest absolute Gasteiger partial charge is 0.358 e. The van der Waals surface area contributed by atoms with Gasteiger partial charge in [0.15, 0.2) is 0 Å². The highest BCUT2D eigenvalue weighted by Gasteiger charge is 2.24. The minimum absolute atomic E-state index is 0.0842. The molecule has 31 heavy (non-hydrogen) atoms. The third-order valence-electron chi connectivity index (χ3n) is 6.46. The number of nitrogens with one attached hydrogen (secondary N) is 1. The van der Waals surface area contributed by atoms with E-state index >= 15 is 0 Å². The lowest BCUT2D eigenvalue weighted by molar-refractivity contribution is -0.132. The first kappa shape index (κ1) is 19.5. The molecule has 3 heterocycles. The van der Waals surface area contributed by atoms with Gasteiger partial charge in [-0.3, -0.25) is 14.2 Å². The number of para-hydroxylation sites is 2. The lowest BCUT2D eigenvalue weighted by Crippen LogP contribution is -2.38. The predicted octanol–water partition coefficient (Wildman–Crippen LogP) is 3.98. The van der Waals surface area contributed by atoms with Crippen molar-refractivity contribution in [1.29, 1.82) is 0 Å². The molecule has 6 nitrogen and oxygen atoms in total. The summed E-state index contributed by atoms with van der Waals surface area (Å²) in [6.45, 7) is 3.81. The second kappa shape index (κ2) is 8.02. The van der Waals surface area contributed by atoms with Gasteiger partial charge in [-0.1, -0.05) is 30.3 Å². The summed E-state index contributed by atoms with van der Waals surface area (Å²) in [6, 6.07) is 16.2. The average molecular weight is 415 g/mol. The van der Waals surface area contributed by atoms with Crippen LogP contribution in [0.2, 0.25) is 0 Å². The first-order chi connectivity index (χ1) is 15.1. The molecule has 2 aromatic heterocycles. The first-order valence-electron chi connectivity index (χ1n) is 10.9. The van der Waals surface area contributed by atoms with Crippen LogP contribution < -0.4 is 5.56 Å². The Balaban J connectivity index is 1.21. The maximum atomic E-state index is 12.8. The summed E-state index contributed by atoms with van der Waals surface area (Å²) in [5, 5.41) is 1.84. The molecule has 0 aliphatic carbocycles. The number of nitrogens with zero attached hydrogens (tertiary/aromatic N) is 3. The lowest BCUT2D eigenvalue weighted by Gasteiger charge is -2.31. The number of piperidine rings is 1. The lowest BCUT2D eigenvalue weighted by atomic mass is 9.93. The van der Waals surface area contributed by atoms with E-state index in [0.717, 1.165) is 37.0 Å². The number of benzene rings is 2. The van der Waals surface area contributed by atoms with E-state index in [1.54, 1.807) is 17.0 Å². The zero-order valence-electron chi connectivity index (χ0n) is 17.7. The fraction of sp³-hybridized carbons (Fsp3) is 0.320. The number of hydrogen-bond donors (Lipinski definition) is 1. The van der Waals surface area contributed by atoms with E-state index in [9.17, 15) is 9.59 Å². The number of amides is 1. The average Bonchev–Trinajstić information content (AvgIpc) is 3.23. The van der Waals surface area contributed by atoms with Crippen LogP contribution in [0.15, 0.2) is 59.7 Å². The highest BCUT2D eigenvalue weighted by Crippen LogP contribution is 2.30. The number of H-pyrrole nitrogens is 1. The number of rotatable bonds is 4. The van der Waals surface area contributed by atoms with Crippen molar-refractivity contribution >= 4 is 27.7 Å². The second-order valence-electron chi connectivity index (χ2n) is 8.43. The number of hydrogen-bond acceptors (Lipinski definition) is 3. The molecule has 0 spiro atoms. The van der Waals surface area contributed by atoms with E-state index in [2.05, 4.69) is 34.2 Å². The summed E-state index contributed by atoms with van der Waals surface area (Å²) in [7, 11) is 0. The van der Waals surface area contributed by atoms with Gasteiger partial charge in [0.1, 0.15) is 0 Å². The molecule has 1 aliphatic rings. The van der Waals surface area contributed by atoms with Gasteiger partial charge in [-0.25, -0.2) is 4.98 Å². The van der Waals surface area contributed by atoms with Crippen LogP contribution in [-0.2, 0) is 11.3 Å². The highest BCUT2D eigenvalue weighted by atomic mass is 16.2. The van der Waals surface area contributed by atoms with Gasteiger partial charge in [0.25, 0.3) is 5.56 Å². The Labute approximate surface area is 180 Å². The molecule has 1 fully saturated rings. The molecular formula is C25H26N4O2. The Hall–Kier alpha value is -3.41. The Bertz CT molecular complexity index is 1280. The topological polar surface area (TPSA) is 71.0 Å². The third kappa shape index (κ3) is 3.74. The van der Waals surface area contributed by atoms with Crippen molar-refractivity contribution in [2.75, 3.05) is 13.1 Å². The summed E-state index contributed by atoms with van der Waals surface area (Å²) >= 11 is 0. The van der Waals surface area contributed by atoms with Gasteiger partial charge in [-0.2, -0.15) is 0 Å². The van der Waals surface area contributed by atoms with Crippen molar-refractivity contribution in [1.82, 2.24) is 19.4 Å². The molecule has 5 rings (SSSR count). The summed E-state index contributed by atoms with van der Waals surface area (Å²) in [5.74, 6) is 0.554. The van der Waals surface area contributed by atoms with E-state index in [-0.39, 0.29) is 11.5 Å². The monoisotopic (exact) mass is 414 g/mol. The highest BCUT2D eigenvalue weighted by molar-refractivity contribution is 5.81. The molecule has 0 atom stereocenters. The van der Waals surface area contributed by atoms with Gasteiger partial charge >= 0.3 is 0 Å². The van der Waals surface area contributed by atoms with Gasteiger partial charge in [0, 0.05) is 43.2 Å². The molecule has 1 amide bonds. The molecule has 1 saturated heterocycles. The molecule has 1 N–H and O–H groups in total. The SMILES string of the molecule is Cc1cccc2c(=O)n(CCC(=O)N3CCC(c4cc5ccccc5[nH]4)CC3)cnc12. The molecule has 0 radical (unpaired) electrons. The fourth-order valence-corrected chi connectivity index (χ4v) is 4.63. The van der Waals surface area contributed by atoms with E-state index in [4.69, 9.17) is 0 Å². The smallest absolute Gasteiger partial charge is 0.261 e. The van der Waals surface area contributed by atoms with Crippen LogP contribution in [0.1, 0.15) is 36.4 Å². The number of likely N-dealkylation sites (tertiary alicyclic amines) is 1. The van der Waals surface area contributed by atoms with Gasteiger partial charge in [-0.05, 0) is 48.9 Å². The number of aromatic amines is 1. The van der Waals surface area contributed by atoms with Crippen LogP contribution in [0, 0.1) is 6.92 Å². The standard InChI is InChI=1S/C25H26N4O2/c1-17-5-4-7-20-24(17)26-16-29(25(20)31)14-11-23(30)28-12-9-18(10-13-28)22-15-19-6-2-3-8-21(19)27-22/h2-8,15-16,18,27H,9-14H2,1H3. The number of fused-ring (bicyclic) bond motifs is 2. The van der Waals surface area contributed by atoms with E-state index in [0.29, 0.717) is 24.3 Å². The van der Waals surface area contributed by atoms with Crippen LogP contribution in [0.5, 0.6) is 0 Å². The minimum atomic E-state index is -0.0842. The third-order valence-corrected chi connectivity index (χ3v) is 6.46. The number of aryl methyl sites for hydroxylation is 2. The molecule has 0 saturated carbocycles. The zero-order chi connectivity index (χ0) is 21.4. The molecule has 6 heteroatoms. The Kier molecular flexibility index (Phi) is 5.06. The Morgan fingerprint density at radius 1 is 1.13 bits per heavy atom. The van der Waals surface area contributed by atoms with Gasteiger partial charge in [0.05, 0.1) is 17.2 Å². The van der Waals surface area contributed by atoms with Crippen molar-refractivity contribution in [3.8, 4) is 0 Å². The fourth-order valence-electron chi connectivity index (χ4n) is 4.63. The van der Waals surface area contributed by atoms with Crippen molar-refractivity contribution in [3.63, 3.8) is 0 Å². The normalized spacial score (nSPS) is 15.1. The van der Waals surface area contributed by atoms with Gasteiger partial charge in [0.2, 0.25) is 5.91 Å². The molecule has 0 unspecified atom stereocenters. The van der Waals surface area contributed by atoms with E-state index in [1.165, 1.54) is 16.6 Å². The van der Waals surface area contributed by atoms with Crippen molar-refractivity contribution in [2.24, 2.45) is 0 Å². The Morgan fingerprint density at radius 3 is 2.74 bits per heavy atom. The van der Waals surface area contributed by atoms with E-state index in [1.807, 2.05) is 30.0 Å². The molecule has 2 aromatic carbocycles. The predicted molar refractivity (Wildman–Crippen MR) is 122 cm³/mol. The summed E-state index contributed by atoms with van der Waals surface area (Å²) in [6.07, 6.45) is 3.79. The number of aromatic nitrogens is 3. The number of carbonyl (C=O) groups is 1. The summed E-state index contributed by atoms with van der Waals surface area (Å²) in [4.78, 5) is 35.4. The molecule has 4 aromatic rings. The summed E-state index contributed by atoms with van der Waals surface area (Å²) < 4.78 is 1.55. The molecule has 0 bridgehead atoms. The van der Waals surface area contributed by atoms with Crippen LogP contribution in [0.3, 0.4) is 0 Å². The first-order valence-corrected chi connectivity index (χ1v) is 10.9. The van der Waals surface area contributed by atoms with E-state index < -0.39 is 0 Å². The van der Waals surface area contributed by atoms with Crippen LogP contribution in [0.4, 0.5) is 0 Å². The zero-order valence-corrected chi connectivity index (χ0v) is 17.7. The minimum Gasteiger partial charge on any atom is -0.358 e. The molecular weight excluding hydrogens is 388 g/mol. The molecule has 158 valence electrons. The second-order valence-corrected chi connectivity index (χ2v) is 8.43. The quantitative estimate of drug-likeness (QED) is 0.549. The van der Waals surface area contributed by atoms with Crippen LogP contribution >= 0.6 is 0 Å². The van der Waals surface area contributed by atoms with Crippen molar-refractivity contribution < 1.29 is 4.79 Å². The molecule has 1 aliphatic heterocycles. The van der Waals surface area contributed by atoms with Crippen LogP contribution in [0.25, 0.3) is 21.8 Å². The Morgan fingerprint density at radius 2 is 1.94 bits per heavy atom. The maximum Gasteiger partial charge on any atom is 0.261 e. The van der Waals surface area contributed by atoms with Gasteiger partial charge < -0.3 is 9.88 Å². The summed E-state index contributed by atoms with van der Waals surface area (Å²) in [5.41, 5.74) is 4.06. The maximum absolute atomic E-state index is 12.8. The van der Waals surface area contributed by atoms with Gasteiger partial charge in [-0.15, -0.1) is 0 Å². The van der Waals surface area contributed by atoms with Crippen molar-refractivity contribution in [2.45, 2.75) is 38.6 Å². The van der Waals surface area contributed by atoms with Crippen LogP contribution in [-0.4, -0.2) is 38.4 Å². The number of carbonyl (C=O) groups excluding carboxylic acids is 1. The van der Waals surface area contributed by atoms with Crippen molar-refractivity contribution in [3.05, 3.63) is 76.5 Å².